The first kappa shape index (κ1) is 13.4. The van der Waals surface area contributed by atoms with Crippen molar-refractivity contribution in [3.05, 3.63) is 40.9 Å². The van der Waals surface area contributed by atoms with Gasteiger partial charge in [0.05, 0.1) is 0 Å². The summed E-state index contributed by atoms with van der Waals surface area (Å²) < 4.78 is 0. The van der Waals surface area contributed by atoms with Gasteiger partial charge in [-0.25, -0.2) is 0 Å². The van der Waals surface area contributed by atoms with Gasteiger partial charge in [-0.2, -0.15) is 0 Å². The van der Waals surface area contributed by atoms with Crippen LogP contribution in [0.2, 0.25) is 10.0 Å². The average Bonchev–Trinajstić information content (AvgIpc) is 2.22. The van der Waals surface area contributed by atoms with Crippen molar-refractivity contribution in [2.45, 2.75) is 25.7 Å². The summed E-state index contributed by atoms with van der Waals surface area (Å²) in [4.78, 5) is 0. The van der Waals surface area contributed by atoms with Crippen LogP contribution in [0.4, 0.5) is 5.69 Å². The predicted molar refractivity (Wildman–Crippen MR) is 73.6 cm³/mol. The van der Waals surface area contributed by atoms with E-state index in [1.165, 1.54) is 12.8 Å². The zero-order chi connectivity index (χ0) is 11.8. The highest BCUT2D eigenvalue weighted by Gasteiger charge is 1.97. The minimum absolute atomic E-state index is 0.668. The predicted octanol–water partition coefficient (Wildman–Crippen LogP) is 5.15. The minimum Gasteiger partial charge on any atom is -0.385 e. The van der Waals surface area contributed by atoms with Gasteiger partial charge in [0.15, 0.2) is 0 Å². The molecule has 0 bridgehead atoms. The summed E-state index contributed by atoms with van der Waals surface area (Å²) in [5, 5.41) is 4.64. The molecule has 1 N–H and O–H groups in total. The van der Waals surface area contributed by atoms with E-state index in [-0.39, 0.29) is 0 Å². The van der Waals surface area contributed by atoms with Crippen LogP contribution in [-0.4, -0.2) is 6.54 Å². The lowest BCUT2D eigenvalue weighted by Crippen LogP contribution is -2.01. The molecule has 0 heterocycles. The molecule has 1 nitrogen and oxygen atoms in total. The fraction of sp³-hybridized carbons (Fsp3) is 0.385. The summed E-state index contributed by atoms with van der Waals surface area (Å²) in [6, 6.07) is 5.51. The molecule has 0 radical (unpaired) electrons. The first-order chi connectivity index (χ1) is 7.72. The minimum atomic E-state index is 0.668. The summed E-state index contributed by atoms with van der Waals surface area (Å²) in [7, 11) is 0. The van der Waals surface area contributed by atoms with E-state index >= 15 is 0 Å². The second-order valence-corrected chi connectivity index (χ2v) is 4.60. The molecule has 0 aliphatic rings. The number of benzene rings is 1. The first-order valence-corrected chi connectivity index (χ1v) is 6.29. The van der Waals surface area contributed by atoms with E-state index < -0.39 is 0 Å². The Bertz CT molecular complexity index is 316. The third-order valence-electron chi connectivity index (χ3n) is 2.28. The van der Waals surface area contributed by atoms with E-state index in [1.54, 1.807) is 6.07 Å². The third kappa shape index (κ3) is 5.43. The van der Waals surface area contributed by atoms with Gasteiger partial charge in [0.25, 0.3) is 0 Å². The molecule has 3 heteroatoms. The number of hydrogen-bond donors (Lipinski definition) is 1. The lowest BCUT2D eigenvalue weighted by Gasteiger charge is -2.07. The molecular formula is C13H17Cl2N. The second kappa shape index (κ2) is 7.59. The molecule has 0 amide bonds. The molecule has 1 rings (SSSR count). The van der Waals surface area contributed by atoms with Crippen LogP contribution in [0.3, 0.4) is 0 Å². The van der Waals surface area contributed by atoms with E-state index in [4.69, 9.17) is 23.2 Å². The van der Waals surface area contributed by atoms with Gasteiger partial charge in [-0.15, -0.1) is 6.58 Å². The van der Waals surface area contributed by atoms with Crippen LogP contribution in [0.15, 0.2) is 30.9 Å². The van der Waals surface area contributed by atoms with Crippen molar-refractivity contribution in [3.63, 3.8) is 0 Å². The molecule has 0 aliphatic heterocycles. The van der Waals surface area contributed by atoms with Gasteiger partial charge in [0.2, 0.25) is 0 Å². The molecule has 0 fully saturated rings. The lowest BCUT2D eigenvalue weighted by atomic mass is 10.2. The largest absolute Gasteiger partial charge is 0.385 e. The van der Waals surface area contributed by atoms with Crippen molar-refractivity contribution < 1.29 is 0 Å². The topological polar surface area (TPSA) is 12.0 Å². The Hall–Kier alpha value is -0.660. The number of hydrogen-bond acceptors (Lipinski definition) is 1. The summed E-state index contributed by atoms with van der Waals surface area (Å²) >= 11 is 11.8. The second-order valence-electron chi connectivity index (χ2n) is 3.72. The Labute approximate surface area is 107 Å². The lowest BCUT2D eigenvalue weighted by molar-refractivity contribution is 0.709. The molecule has 16 heavy (non-hydrogen) atoms. The van der Waals surface area contributed by atoms with E-state index in [1.807, 2.05) is 18.2 Å². The van der Waals surface area contributed by atoms with Crippen molar-refractivity contribution in [2.75, 3.05) is 11.9 Å². The molecule has 0 aromatic heterocycles. The van der Waals surface area contributed by atoms with Crippen LogP contribution >= 0.6 is 23.2 Å². The molecule has 0 spiro atoms. The number of halogens is 2. The number of allylic oxidation sites excluding steroid dienone is 1. The van der Waals surface area contributed by atoms with Crippen LogP contribution in [0.5, 0.6) is 0 Å². The normalized spacial score (nSPS) is 10.1. The third-order valence-corrected chi connectivity index (χ3v) is 2.71. The Morgan fingerprint density at radius 1 is 1.06 bits per heavy atom. The fourth-order valence-electron chi connectivity index (χ4n) is 1.48. The van der Waals surface area contributed by atoms with Gasteiger partial charge in [0, 0.05) is 22.3 Å². The highest BCUT2D eigenvalue weighted by atomic mass is 35.5. The first-order valence-electron chi connectivity index (χ1n) is 5.53. The van der Waals surface area contributed by atoms with Crippen LogP contribution in [-0.2, 0) is 0 Å². The smallest absolute Gasteiger partial charge is 0.0441 e. The highest BCUT2D eigenvalue weighted by Crippen LogP contribution is 2.22. The monoisotopic (exact) mass is 257 g/mol. The Balaban J connectivity index is 2.23. The molecule has 0 aliphatic carbocycles. The summed E-state index contributed by atoms with van der Waals surface area (Å²) in [6.07, 6.45) is 6.64. The van der Waals surface area contributed by atoms with Crippen LogP contribution in [0.25, 0.3) is 0 Å². The van der Waals surface area contributed by atoms with Gasteiger partial charge in [-0.3, -0.25) is 0 Å². The van der Waals surface area contributed by atoms with Crippen molar-refractivity contribution in [1.29, 1.82) is 0 Å². The summed E-state index contributed by atoms with van der Waals surface area (Å²) in [6.45, 7) is 4.65. The van der Waals surface area contributed by atoms with Gasteiger partial charge in [-0.1, -0.05) is 35.7 Å². The van der Waals surface area contributed by atoms with Gasteiger partial charge in [0.1, 0.15) is 0 Å². The fourth-order valence-corrected chi connectivity index (χ4v) is 2.01. The van der Waals surface area contributed by atoms with Crippen LogP contribution in [0, 0.1) is 0 Å². The van der Waals surface area contributed by atoms with Crippen molar-refractivity contribution in [3.8, 4) is 0 Å². The maximum absolute atomic E-state index is 5.90. The molecule has 1 aromatic rings. The standard InChI is InChI=1S/C13H17Cl2N/c1-2-3-4-5-6-7-16-13-9-11(14)8-12(15)10-13/h2,8-10,16H,1,3-7H2. The number of rotatable bonds is 7. The maximum atomic E-state index is 5.90. The number of anilines is 1. The van der Waals surface area contributed by atoms with Gasteiger partial charge >= 0.3 is 0 Å². The van der Waals surface area contributed by atoms with E-state index in [0.717, 1.165) is 25.1 Å². The quantitative estimate of drug-likeness (QED) is 0.526. The van der Waals surface area contributed by atoms with Gasteiger partial charge < -0.3 is 5.32 Å². The summed E-state index contributed by atoms with van der Waals surface area (Å²) in [5.41, 5.74) is 0.987. The van der Waals surface area contributed by atoms with E-state index in [0.29, 0.717) is 10.0 Å². The molecule has 1 aromatic carbocycles. The van der Waals surface area contributed by atoms with Crippen molar-refractivity contribution in [1.82, 2.24) is 0 Å². The summed E-state index contributed by atoms with van der Waals surface area (Å²) in [5.74, 6) is 0. The Morgan fingerprint density at radius 3 is 2.38 bits per heavy atom. The molecule has 0 saturated carbocycles. The molecule has 0 unspecified atom stereocenters. The molecule has 88 valence electrons. The Morgan fingerprint density at radius 2 is 1.75 bits per heavy atom. The van der Waals surface area contributed by atoms with Crippen LogP contribution in [0.1, 0.15) is 25.7 Å². The number of nitrogens with one attached hydrogen (secondary N) is 1. The molecular weight excluding hydrogens is 241 g/mol. The average molecular weight is 258 g/mol. The van der Waals surface area contributed by atoms with Crippen LogP contribution < -0.4 is 5.32 Å². The highest BCUT2D eigenvalue weighted by molar-refractivity contribution is 6.35. The van der Waals surface area contributed by atoms with E-state index in [2.05, 4.69) is 11.9 Å². The zero-order valence-corrected chi connectivity index (χ0v) is 10.8. The SMILES string of the molecule is C=CCCCCCNc1cc(Cl)cc(Cl)c1. The molecule has 0 atom stereocenters. The van der Waals surface area contributed by atoms with Gasteiger partial charge in [-0.05, 0) is 37.5 Å². The molecule has 0 saturated heterocycles. The number of unbranched alkanes of at least 4 members (excludes halogenated alkanes) is 3. The zero-order valence-electron chi connectivity index (χ0n) is 9.31. The van der Waals surface area contributed by atoms with Crippen molar-refractivity contribution in [2.24, 2.45) is 0 Å². The Kier molecular flexibility index (Phi) is 6.36. The maximum Gasteiger partial charge on any atom is 0.0441 e. The van der Waals surface area contributed by atoms with Crippen molar-refractivity contribution >= 4 is 28.9 Å². The van der Waals surface area contributed by atoms with E-state index in [9.17, 15) is 0 Å².